The van der Waals surface area contributed by atoms with Gasteiger partial charge in [0.2, 0.25) is 0 Å². The largest absolute Gasteiger partial charge is 0.464 e. The first-order chi connectivity index (χ1) is 7.20. The summed E-state index contributed by atoms with van der Waals surface area (Å²) in [6, 6.07) is 1.57. The van der Waals surface area contributed by atoms with Crippen LogP contribution >= 0.6 is 0 Å². The third-order valence-corrected chi connectivity index (χ3v) is 2.58. The lowest BCUT2D eigenvalue weighted by molar-refractivity contribution is -0.139. The van der Waals surface area contributed by atoms with Crippen molar-refractivity contribution in [2.24, 2.45) is 0 Å². The van der Waals surface area contributed by atoms with Crippen LogP contribution in [0.2, 0.25) is 0 Å². The van der Waals surface area contributed by atoms with Crippen molar-refractivity contribution in [1.29, 1.82) is 0 Å². The first-order valence-electron chi connectivity index (χ1n) is 4.79. The highest BCUT2D eigenvalue weighted by Crippen LogP contribution is 2.25. The standard InChI is InChI=1S/C10H13N3O2/c1-13(9-3-5-15-10(9)14)8-2-4-12-6-7(8)11/h2,4,6,9H,3,5,11H2,1H3. The number of esters is 1. The molecule has 1 atom stereocenters. The van der Waals surface area contributed by atoms with Gasteiger partial charge in [0.25, 0.3) is 0 Å². The van der Waals surface area contributed by atoms with Gasteiger partial charge in [-0.25, -0.2) is 4.79 Å². The Morgan fingerprint density at radius 1 is 1.67 bits per heavy atom. The number of cyclic esters (lactones) is 1. The van der Waals surface area contributed by atoms with Gasteiger partial charge in [0, 0.05) is 19.7 Å². The molecule has 1 aliphatic heterocycles. The molecular weight excluding hydrogens is 194 g/mol. The number of hydrogen-bond acceptors (Lipinski definition) is 5. The van der Waals surface area contributed by atoms with Crippen LogP contribution in [0.4, 0.5) is 11.4 Å². The third kappa shape index (κ3) is 1.72. The zero-order valence-corrected chi connectivity index (χ0v) is 8.51. The number of anilines is 2. The maximum absolute atomic E-state index is 11.4. The van der Waals surface area contributed by atoms with Crippen molar-refractivity contribution in [3.63, 3.8) is 0 Å². The molecule has 1 saturated heterocycles. The predicted octanol–water partition coefficient (Wildman–Crippen LogP) is 0.416. The van der Waals surface area contributed by atoms with Crippen LogP contribution in [-0.2, 0) is 9.53 Å². The second-order valence-corrected chi connectivity index (χ2v) is 3.52. The molecule has 0 saturated carbocycles. The summed E-state index contributed by atoms with van der Waals surface area (Å²) < 4.78 is 4.91. The third-order valence-electron chi connectivity index (χ3n) is 2.58. The van der Waals surface area contributed by atoms with Crippen molar-refractivity contribution in [2.45, 2.75) is 12.5 Å². The summed E-state index contributed by atoms with van der Waals surface area (Å²) in [6.45, 7) is 0.485. The van der Waals surface area contributed by atoms with E-state index in [1.54, 1.807) is 18.5 Å². The molecule has 15 heavy (non-hydrogen) atoms. The first-order valence-corrected chi connectivity index (χ1v) is 4.79. The van der Waals surface area contributed by atoms with E-state index in [-0.39, 0.29) is 12.0 Å². The molecule has 0 radical (unpaired) electrons. The van der Waals surface area contributed by atoms with Gasteiger partial charge in [-0.3, -0.25) is 4.98 Å². The molecule has 1 aromatic rings. The Kier molecular flexibility index (Phi) is 2.45. The van der Waals surface area contributed by atoms with Crippen LogP contribution < -0.4 is 10.6 Å². The summed E-state index contributed by atoms with van der Waals surface area (Å²) in [4.78, 5) is 17.1. The fourth-order valence-corrected chi connectivity index (χ4v) is 1.73. The van der Waals surface area contributed by atoms with Crippen LogP contribution in [0.25, 0.3) is 0 Å². The molecule has 80 valence electrons. The Morgan fingerprint density at radius 3 is 3.07 bits per heavy atom. The van der Waals surface area contributed by atoms with Crippen molar-refractivity contribution in [2.75, 3.05) is 24.3 Å². The van der Waals surface area contributed by atoms with E-state index >= 15 is 0 Å². The maximum Gasteiger partial charge on any atom is 0.328 e. The molecule has 1 fully saturated rings. The van der Waals surface area contributed by atoms with Crippen LogP contribution in [0.5, 0.6) is 0 Å². The van der Waals surface area contributed by atoms with E-state index in [4.69, 9.17) is 10.5 Å². The lowest BCUT2D eigenvalue weighted by atomic mass is 10.2. The Bertz CT molecular complexity index is 381. The van der Waals surface area contributed by atoms with Crippen LogP contribution in [-0.4, -0.2) is 30.6 Å². The topological polar surface area (TPSA) is 68.5 Å². The van der Waals surface area contributed by atoms with E-state index in [1.165, 1.54) is 0 Å². The van der Waals surface area contributed by atoms with Crippen molar-refractivity contribution < 1.29 is 9.53 Å². The van der Waals surface area contributed by atoms with Crippen molar-refractivity contribution in [1.82, 2.24) is 4.98 Å². The molecule has 5 heteroatoms. The number of carbonyl (C=O) groups excluding carboxylic acids is 1. The number of aromatic nitrogens is 1. The number of ether oxygens (including phenoxy) is 1. The van der Waals surface area contributed by atoms with Gasteiger partial charge in [0.15, 0.2) is 0 Å². The van der Waals surface area contributed by atoms with Crippen LogP contribution in [0.15, 0.2) is 18.5 Å². The number of hydrogen-bond donors (Lipinski definition) is 1. The average Bonchev–Trinajstić information content (AvgIpc) is 2.64. The molecule has 1 aliphatic rings. The molecule has 5 nitrogen and oxygen atoms in total. The Hall–Kier alpha value is -1.78. The Balaban J connectivity index is 2.24. The van der Waals surface area contributed by atoms with Crippen LogP contribution in [0, 0.1) is 0 Å². The van der Waals surface area contributed by atoms with Crippen molar-refractivity contribution in [3.05, 3.63) is 18.5 Å². The molecule has 1 aromatic heterocycles. The quantitative estimate of drug-likeness (QED) is 0.711. The highest BCUT2D eigenvalue weighted by atomic mass is 16.5. The summed E-state index contributed by atoms with van der Waals surface area (Å²) in [5.41, 5.74) is 7.16. The second-order valence-electron chi connectivity index (χ2n) is 3.52. The fourth-order valence-electron chi connectivity index (χ4n) is 1.73. The highest BCUT2D eigenvalue weighted by Gasteiger charge is 2.31. The molecule has 0 aromatic carbocycles. The van der Waals surface area contributed by atoms with Crippen LogP contribution in [0.1, 0.15) is 6.42 Å². The van der Waals surface area contributed by atoms with Gasteiger partial charge in [-0.15, -0.1) is 0 Å². The number of rotatable bonds is 2. The Labute approximate surface area is 87.8 Å². The smallest absolute Gasteiger partial charge is 0.328 e. The summed E-state index contributed by atoms with van der Waals surface area (Å²) in [6.07, 6.45) is 3.94. The molecule has 0 aliphatic carbocycles. The number of nitrogens with zero attached hydrogens (tertiary/aromatic N) is 2. The summed E-state index contributed by atoms with van der Waals surface area (Å²) in [5, 5.41) is 0. The van der Waals surface area contributed by atoms with Gasteiger partial charge >= 0.3 is 5.97 Å². The minimum Gasteiger partial charge on any atom is -0.464 e. The zero-order valence-electron chi connectivity index (χ0n) is 8.51. The highest BCUT2D eigenvalue weighted by molar-refractivity contribution is 5.83. The van der Waals surface area contributed by atoms with Gasteiger partial charge in [0.05, 0.1) is 24.2 Å². The molecule has 2 heterocycles. The lowest BCUT2D eigenvalue weighted by Crippen LogP contribution is -2.35. The second kappa shape index (κ2) is 3.76. The van der Waals surface area contributed by atoms with Crippen molar-refractivity contribution >= 4 is 17.3 Å². The van der Waals surface area contributed by atoms with Crippen molar-refractivity contribution in [3.8, 4) is 0 Å². The molecular formula is C10H13N3O2. The van der Waals surface area contributed by atoms with Gasteiger partial charge in [-0.2, -0.15) is 0 Å². The van der Waals surface area contributed by atoms with E-state index < -0.39 is 0 Å². The number of pyridine rings is 1. The molecule has 0 spiro atoms. The molecule has 0 bridgehead atoms. The van der Waals surface area contributed by atoms with Gasteiger partial charge < -0.3 is 15.4 Å². The normalized spacial score (nSPS) is 20.1. The van der Waals surface area contributed by atoms with Gasteiger partial charge in [-0.1, -0.05) is 0 Å². The van der Waals surface area contributed by atoms with Crippen LogP contribution in [0.3, 0.4) is 0 Å². The van der Waals surface area contributed by atoms with E-state index in [2.05, 4.69) is 4.98 Å². The predicted molar refractivity (Wildman–Crippen MR) is 56.4 cm³/mol. The fraction of sp³-hybridized carbons (Fsp3) is 0.400. The van der Waals surface area contributed by atoms with Gasteiger partial charge in [0.1, 0.15) is 6.04 Å². The minimum absolute atomic E-state index is 0.186. The van der Waals surface area contributed by atoms with E-state index in [0.717, 1.165) is 5.69 Å². The van der Waals surface area contributed by atoms with E-state index in [9.17, 15) is 4.79 Å². The Morgan fingerprint density at radius 2 is 2.47 bits per heavy atom. The minimum atomic E-state index is -0.227. The van der Waals surface area contributed by atoms with Gasteiger partial charge in [-0.05, 0) is 6.07 Å². The first kappa shape index (κ1) is 9.76. The molecule has 2 rings (SSSR count). The monoisotopic (exact) mass is 207 g/mol. The maximum atomic E-state index is 11.4. The van der Waals surface area contributed by atoms with E-state index in [0.29, 0.717) is 18.7 Å². The molecule has 1 unspecified atom stereocenters. The number of nitrogens with two attached hydrogens (primary N) is 1. The summed E-state index contributed by atoms with van der Waals surface area (Å²) in [7, 11) is 1.84. The number of nitrogen functional groups attached to an aromatic ring is 1. The molecule has 2 N–H and O–H groups in total. The average molecular weight is 207 g/mol. The SMILES string of the molecule is CN(c1ccncc1N)C1CCOC1=O. The number of likely N-dealkylation sites (N-methyl/N-ethyl adjacent to an activating group) is 1. The van der Waals surface area contributed by atoms with E-state index in [1.807, 2.05) is 11.9 Å². The number of carbonyl (C=O) groups is 1. The summed E-state index contributed by atoms with van der Waals surface area (Å²) >= 11 is 0. The summed E-state index contributed by atoms with van der Waals surface area (Å²) in [5.74, 6) is -0.186. The molecule has 0 amide bonds. The lowest BCUT2D eigenvalue weighted by Gasteiger charge is -2.24. The zero-order chi connectivity index (χ0) is 10.8.